The van der Waals surface area contributed by atoms with Crippen molar-refractivity contribution in [1.82, 2.24) is 9.88 Å². The summed E-state index contributed by atoms with van der Waals surface area (Å²) in [4.78, 5) is 11.9. The van der Waals surface area contributed by atoms with Crippen molar-refractivity contribution in [3.8, 4) is 0 Å². The van der Waals surface area contributed by atoms with Crippen molar-refractivity contribution >= 4 is 17.5 Å². The predicted molar refractivity (Wildman–Crippen MR) is 65.3 cm³/mol. The lowest BCUT2D eigenvalue weighted by Gasteiger charge is -2.15. The number of carbonyl (C=O) groups is 1. The van der Waals surface area contributed by atoms with Crippen molar-refractivity contribution in [2.24, 2.45) is 0 Å². The summed E-state index contributed by atoms with van der Waals surface area (Å²) in [6.45, 7) is 2.68. The molecule has 1 unspecified atom stereocenters. The quantitative estimate of drug-likeness (QED) is 0.799. The van der Waals surface area contributed by atoms with Crippen LogP contribution < -0.4 is 5.32 Å². The normalized spacial score (nSPS) is 12.5. The van der Waals surface area contributed by atoms with Crippen molar-refractivity contribution in [2.45, 2.75) is 19.5 Å². The van der Waals surface area contributed by atoms with E-state index in [0.29, 0.717) is 17.3 Å². The van der Waals surface area contributed by atoms with Crippen molar-refractivity contribution in [3.63, 3.8) is 0 Å². The number of amides is 1. The molecule has 6 heteroatoms. The van der Waals surface area contributed by atoms with E-state index in [2.05, 4.69) is 5.32 Å². The van der Waals surface area contributed by atoms with Crippen molar-refractivity contribution < 1.29 is 14.6 Å². The number of aryl methyl sites for hydroxylation is 1. The third kappa shape index (κ3) is 3.73. The van der Waals surface area contributed by atoms with Crippen LogP contribution >= 0.6 is 11.6 Å². The van der Waals surface area contributed by atoms with Gasteiger partial charge in [-0.1, -0.05) is 11.6 Å². The fraction of sp³-hybridized carbons (Fsp3) is 0.545. The summed E-state index contributed by atoms with van der Waals surface area (Å²) in [5.41, 5.74) is 0.479. The Bertz CT molecular complexity index is 379. The Balaban J connectivity index is 2.74. The van der Waals surface area contributed by atoms with Crippen LogP contribution in [0.25, 0.3) is 0 Å². The number of aromatic nitrogens is 1. The van der Waals surface area contributed by atoms with E-state index in [0.717, 1.165) is 0 Å². The van der Waals surface area contributed by atoms with Crippen LogP contribution in [0.4, 0.5) is 0 Å². The molecule has 1 aromatic rings. The highest BCUT2D eigenvalue weighted by Crippen LogP contribution is 2.14. The highest BCUT2D eigenvalue weighted by atomic mass is 35.5. The molecule has 0 fully saturated rings. The number of hydrogen-bond acceptors (Lipinski definition) is 3. The van der Waals surface area contributed by atoms with Crippen LogP contribution in [-0.4, -0.2) is 41.9 Å². The van der Waals surface area contributed by atoms with Crippen molar-refractivity contribution in [3.05, 3.63) is 23.0 Å². The average Bonchev–Trinajstić information content (AvgIpc) is 2.69. The SMILES string of the molecule is CCn1cc(Cl)cc1C(=O)NC(CO)COC. The van der Waals surface area contributed by atoms with Crippen LogP contribution in [0.5, 0.6) is 0 Å². The molecule has 0 aromatic carbocycles. The maximum absolute atomic E-state index is 11.9. The fourth-order valence-corrected chi connectivity index (χ4v) is 1.75. The lowest BCUT2D eigenvalue weighted by atomic mass is 10.3. The minimum atomic E-state index is -0.411. The van der Waals surface area contributed by atoms with Crippen molar-refractivity contribution in [1.29, 1.82) is 0 Å². The van der Waals surface area contributed by atoms with Gasteiger partial charge in [-0.3, -0.25) is 4.79 Å². The van der Waals surface area contributed by atoms with E-state index in [9.17, 15) is 4.79 Å². The van der Waals surface area contributed by atoms with Gasteiger partial charge in [0.2, 0.25) is 0 Å². The largest absolute Gasteiger partial charge is 0.394 e. The van der Waals surface area contributed by atoms with E-state index < -0.39 is 6.04 Å². The maximum Gasteiger partial charge on any atom is 0.268 e. The molecule has 1 atom stereocenters. The van der Waals surface area contributed by atoms with E-state index in [1.807, 2.05) is 6.92 Å². The molecule has 1 heterocycles. The molecule has 0 saturated carbocycles. The zero-order chi connectivity index (χ0) is 12.8. The lowest BCUT2D eigenvalue weighted by molar-refractivity contribution is 0.0831. The van der Waals surface area contributed by atoms with Gasteiger partial charge < -0.3 is 19.7 Å². The summed E-state index contributed by atoms with van der Waals surface area (Å²) in [6, 6.07) is 1.19. The fourth-order valence-electron chi connectivity index (χ4n) is 1.53. The Labute approximate surface area is 105 Å². The van der Waals surface area contributed by atoms with E-state index in [-0.39, 0.29) is 19.1 Å². The van der Waals surface area contributed by atoms with E-state index in [4.69, 9.17) is 21.4 Å². The Hall–Kier alpha value is -1.04. The molecular formula is C11H17ClN2O3. The summed E-state index contributed by atoms with van der Waals surface area (Å²) >= 11 is 5.85. The van der Waals surface area contributed by atoms with Crippen LogP contribution in [0, 0.1) is 0 Å². The number of aliphatic hydroxyl groups excluding tert-OH is 1. The first-order chi connectivity index (χ1) is 8.12. The average molecular weight is 261 g/mol. The Morgan fingerprint density at radius 2 is 2.41 bits per heavy atom. The molecule has 1 aromatic heterocycles. The van der Waals surface area contributed by atoms with E-state index >= 15 is 0 Å². The van der Waals surface area contributed by atoms with Gasteiger partial charge in [-0.15, -0.1) is 0 Å². The van der Waals surface area contributed by atoms with Crippen LogP contribution in [0.15, 0.2) is 12.3 Å². The molecule has 0 saturated heterocycles. The van der Waals surface area contributed by atoms with Crippen LogP contribution in [0.2, 0.25) is 5.02 Å². The summed E-state index contributed by atoms with van der Waals surface area (Å²) in [6.07, 6.45) is 1.70. The van der Waals surface area contributed by atoms with Crippen LogP contribution in [-0.2, 0) is 11.3 Å². The number of nitrogens with zero attached hydrogens (tertiary/aromatic N) is 1. The first-order valence-corrected chi connectivity index (χ1v) is 5.76. The topological polar surface area (TPSA) is 63.5 Å². The number of carbonyl (C=O) groups excluding carboxylic acids is 1. The molecule has 0 bridgehead atoms. The second-order valence-electron chi connectivity index (χ2n) is 3.64. The van der Waals surface area contributed by atoms with E-state index in [1.165, 1.54) is 7.11 Å². The number of rotatable bonds is 6. The monoisotopic (exact) mass is 260 g/mol. The molecular weight excluding hydrogens is 244 g/mol. The lowest BCUT2D eigenvalue weighted by Crippen LogP contribution is -2.41. The third-order valence-corrected chi connectivity index (χ3v) is 2.57. The molecule has 2 N–H and O–H groups in total. The standard InChI is InChI=1S/C11H17ClN2O3/c1-3-14-5-8(12)4-10(14)11(16)13-9(6-15)7-17-2/h4-5,9,15H,3,6-7H2,1-2H3,(H,13,16). The maximum atomic E-state index is 11.9. The van der Waals surface area contributed by atoms with E-state index in [1.54, 1.807) is 16.8 Å². The van der Waals surface area contributed by atoms with Gasteiger partial charge in [0, 0.05) is 19.9 Å². The molecule has 0 radical (unpaired) electrons. The van der Waals surface area contributed by atoms with Crippen LogP contribution in [0.3, 0.4) is 0 Å². The number of hydrogen-bond donors (Lipinski definition) is 2. The third-order valence-electron chi connectivity index (χ3n) is 2.36. The summed E-state index contributed by atoms with van der Waals surface area (Å²) in [7, 11) is 1.51. The number of ether oxygens (including phenoxy) is 1. The van der Waals surface area contributed by atoms with Crippen LogP contribution in [0.1, 0.15) is 17.4 Å². The number of aliphatic hydroxyl groups is 1. The van der Waals surface area contributed by atoms with Gasteiger partial charge in [0.1, 0.15) is 5.69 Å². The Morgan fingerprint density at radius 3 is 2.94 bits per heavy atom. The molecule has 5 nitrogen and oxygen atoms in total. The van der Waals surface area contributed by atoms with Gasteiger partial charge in [0.05, 0.1) is 24.3 Å². The molecule has 1 rings (SSSR count). The highest BCUT2D eigenvalue weighted by Gasteiger charge is 2.16. The van der Waals surface area contributed by atoms with Gasteiger partial charge in [-0.25, -0.2) is 0 Å². The minimum Gasteiger partial charge on any atom is -0.394 e. The number of nitrogens with one attached hydrogen (secondary N) is 1. The van der Waals surface area contributed by atoms with Gasteiger partial charge in [-0.2, -0.15) is 0 Å². The molecule has 0 aliphatic heterocycles. The van der Waals surface area contributed by atoms with Crippen molar-refractivity contribution in [2.75, 3.05) is 20.3 Å². The number of methoxy groups -OCH3 is 1. The van der Waals surface area contributed by atoms with Gasteiger partial charge in [0.15, 0.2) is 0 Å². The molecule has 0 spiro atoms. The minimum absolute atomic E-state index is 0.167. The molecule has 0 aliphatic carbocycles. The Kier molecular flexibility index (Phi) is 5.47. The number of halogens is 1. The molecule has 0 aliphatic rings. The molecule has 17 heavy (non-hydrogen) atoms. The summed E-state index contributed by atoms with van der Waals surface area (Å²) in [5, 5.41) is 12.3. The zero-order valence-corrected chi connectivity index (χ0v) is 10.7. The first-order valence-electron chi connectivity index (χ1n) is 5.38. The smallest absolute Gasteiger partial charge is 0.268 e. The van der Waals surface area contributed by atoms with Gasteiger partial charge >= 0.3 is 0 Å². The second kappa shape index (κ2) is 6.64. The van der Waals surface area contributed by atoms with Gasteiger partial charge in [0.25, 0.3) is 5.91 Å². The van der Waals surface area contributed by atoms with Gasteiger partial charge in [-0.05, 0) is 13.0 Å². The first kappa shape index (κ1) is 14.0. The zero-order valence-electron chi connectivity index (χ0n) is 9.94. The Morgan fingerprint density at radius 1 is 1.71 bits per heavy atom. The highest BCUT2D eigenvalue weighted by molar-refractivity contribution is 6.31. The predicted octanol–water partition coefficient (Wildman–Crippen LogP) is 0.898. The molecule has 96 valence electrons. The summed E-state index contributed by atoms with van der Waals surface area (Å²) < 4.78 is 6.63. The second-order valence-corrected chi connectivity index (χ2v) is 4.07. The molecule has 1 amide bonds. The summed E-state index contributed by atoms with van der Waals surface area (Å²) in [5.74, 6) is -0.269.